The molecule has 1 N–H and O–H groups in total. The van der Waals surface area contributed by atoms with Gasteiger partial charge in [0.15, 0.2) is 0 Å². The van der Waals surface area contributed by atoms with Crippen LogP contribution in [0.5, 0.6) is 0 Å². The van der Waals surface area contributed by atoms with Crippen molar-refractivity contribution in [2.24, 2.45) is 0 Å². The van der Waals surface area contributed by atoms with Crippen molar-refractivity contribution in [2.75, 3.05) is 11.9 Å². The zero-order valence-corrected chi connectivity index (χ0v) is 15.3. The number of benzene rings is 2. The van der Waals surface area contributed by atoms with Crippen LogP contribution in [0.2, 0.25) is 0 Å². The van der Waals surface area contributed by atoms with Crippen molar-refractivity contribution in [1.29, 1.82) is 0 Å². The van der Waals surface area contributed by atoms with Gasteiger partial charge in [-0.2, -0.15) is 0 Å². The molecule has 0 saturated carbocycles. The van der Waals surface area contributed by atoms with Crippen LogP contribution in [0.4, 0.5) is 10.5 Å². The molecule has 3 heteroatoms. The fourth-order valence-electron chi connectivity index (χ4n) is 3.51. The smallest absolute Gasteiger partial charge is 0.317 e. The zero-order valence-electron chi connectivity index (χ0n) is 15.3. The second-order valence-electron chi connectivity index (χ2n) is 6.95. The summed E-state index contributed by atoms with van der Waals surface area (Å²) in [6.45, 7) is 5.05. The van der Waals surface area contributed by atoms with E-state index in [2.05, 4.69) is 55.6 Å². The molecule has 3 rings (SSSR count). The second-order valence-corrected chi connectivity index (χ2v) is 6.95. The fraction of sp³-hybridized carbons (Fsp3) is 0.409. The third-order valence-corrected chi connectivity index (χ3v) is 5.09. The van der Waals surface area contributed by atoms with Crippen LogP contribution in [0.15, 0.2) is 48.5 Å². The van der Waals surface area contributed by atoms with E-state index in [0.29, 0.717) is 0 Å². The molecule has 1 atom stereocenters. The van der Waals surface area contributed by atoms with Crippen molar-refractivity contribution in [2.45, 2.75) is 52.0 Å². The summed E-state index contributed by atoms with van der Waals surface area (Å²) in [5.74, 6) is 0. The highest BCUT2D eigenvalue weighted by Crippen LogP contribution is 2.31. The Morgan fingerprint density at radius 2 is 1.76 bits per heavy atom. The number of hydrogen-bond donors (Lipinski definition) is 1. The maximum Gasteiger partial charge on any atom is 0.322 e. The highest BCUT2D eigenvalue weighted by Gasteiger charge is 2.26. The topological polar surface area (TPSA) is 32.3 Å². The molecule has 0 aromatic heterocycles. The van der Waals surface area contributed by atoms with Crippen LogP contribution in [0.3, 0.4) is 0 Å². The molecule has 0 bridgehead atoms. The number of nitrogens with zero attached hydrogens (tertiary/aromatic N) is 1. The molecule has 1 heterocycles. The number of amides is 2. The fourth-order valence-corrected chi connectivity index (χ4v) is 3.51. The van der Waals surface area contributed by atoms with Crippen LogP contribution in [-0.4, -0.2) is 17.5 Å². The Kier molecular flexibility index (Phi) is 5.75. The highest BCUT2D eigenvalue weighted by molar-refractivity contribution is 5.89. The lowest BCUT2D eigenvalue weighted by atomic mass is 10.00. The molecule has 2 aromatic rings. The van der Waals surface area contributed by atoms with Crippen molar-refractivity contribution in [1.82, 2.24) is 4.90 Å². The van der Waals surface area contributed by atoms with Gasteiger partial charge in [-0.1, -0.05) is 61.7 Å². The van der Waals surface area contributed by atoms with Gasteiger partial charge in [-0.05, 0) is 49.4 Å². The van der Waals surface area contributed by atoms with E-state index >= 15 is 0 Å². The Hall–Kier alpha value is -2.29. The Balaban J connectivity index is 1.77. The minimum absolute atomic E-state index is 0.0109. The summed E-state index contributed by atoms with van der Waals surface area (Å²) in [5, 5.41) is 3.09. The molecule has 1 aliphatic heterocycles. The van der Waals surface area contributed by atoms with E-state index in [1.807, 2.05) is 17.0 Å². The number of nitrogens with one attached hydrogen (secondary N) is 1. The van der Waals surface area contributed by atoms with Crippen molar-refractivity contribution in [3.05, 3.63) is 65.2 Å². The van der Waals surface area contributed by atoms with E-state index < -0.39 is 0 Å². The Morgan fingerprint density at radius 1 is 1.04 bits per heavy atom. The van der Waals surface area contributed by atoms with E-state index in [0.717, 1.165) is 31.5 Å². The van der Waals surface area contributed by atoms with Gasteiger partial charge in [0.25, 0.3) is 0 Å². The number of aryl methyl sites for hydroxylation is 2. The summed E-state index contributed by atoms with van der Waals surface area (Å²) in [6.07, 6.45) is 5.48. The number of hydrogen-bond acceptors (Lipinski definition) is 1. The van der Waals surface area contributed by atoms with Gasteiger partial charge in [0.2, 0.25) is 0 Å². The Morgan fingerprint density at radius 3 is 2.44 bits per heavy atom. The number of anilines is 1. The monoisotopic (exact) mass is 336 g/mol. The quantitative estimate of drug-likeness (QED) is 0.765. The third-order valence-electron chi connectivity index (χ3n) is 5.09. The predicted octanol–water partition coefficient (Wildman–Crippen LogP) is 5.71. The van der Waals surface area contributed by atoms with Crippen molar-refractivity contribution in [3.63, 3.8) is 0 Å². The lowest BCUT2D eigenvalue weighted by Gasteiger charge is -2.30. The molecule has 3 nitrogen and oxygen atoms in total. The first kappa shape index (κ1) is 17.5. The average Bonchev–Trinajstić information content (AvgIpc) is 2.89. The molecule has 0 unspecified atom stereocenters. The summed E-state index contributed by atoms with van der Waals surface area (Å²) in [7, 11) is 0. The van der Waals surface area contributed by atoms with Crippen LogP contribution in [0.1, 0.15) is 55.3 Å². The number of carbonyl (C=O) groups is 1. The minimum atomic E-state index is 0.0109. The zero-order chi connectivity index (χ0) is 17.6. The Labute approximate surface area is 151 Å². The van der Waals surface area contributed by atoms with Crippen LogP contribution in [0, 0.1) is 6.92 Å². The lowest BCUT2D eigenvalue weighted by Crippen LogP contribution is -2.38. The molecule has 0 radical (unpaired) electrons. The summed E-state index contributed by atoms with van der Waals surface area (Å²) in [4.78, 5) is 15.0. The maximum atomic E-state index is 12.9. The van der Waals surface area contributed by atoms with Crippen molar-refractivity contribution >= 4 is 11.7 Å². The highest BCUT2D eigenvalue weighted by atomic mass is 16.2. The van der Waals surface area contributed by atoms with E-state index in [1.165, 1.54) is 29.5 Å². The van der Waals surface area contributed by atoms with Gasteiger partial charge in [0, 0.05) is 12.2 Å². The van der Waals surface area contributed by atoms with E-state index in [4.69, 9.17) is 0 Å². The van der Waals surface area contributed by atoms with Crippen LogP contribution in [0.25, 0.3) is 0 Å². The first-order valence-corrected chi connectivity index (χ1v) is 9.40. The first-order chi connectivity index (χ1) is 12.2. The molecule has 1 fully saturated rings. The van der Waals surface area contributed by atoms with Gasteiger partial charge in [0.05, 0.1) is 6.04 Å². The molecule has 2 amide bonds. The largest absolute Gasteiger partial charge is 0.322 e. The van der Waals surface area contributed by atoms with Crippen LogP contribution < -0.4 is 5.32 Å². The number of urea groups is 1. The van der Waals surface area contributed by atoms with Crippen molar-refractivity contribution < 1.29 is 4.79 Å². The second kappa shape index (κ2) is 8.19. The molecule has 25 heavy (non-hydrogen) atoms. The summed E-state index contributed by atoms with van der Waals surface area (Å²) >= 11 is 0. The molecular formula is C22H28N2O. The van der Waals surface area contributed by atoms with Gasteiger partial charge >= 0.3 is 6.03 Å². The summed E-state index contributed by atoms with van der Waals surface area (Å²) in [6, 6.07) is 16.9. The molecule has 2 aromatic carbocycles. The van der Waals surface area contributed by atoms with Gasteiger partial charge < -0.3 is 10.2 Å². The van der Waals surface area contributed by atoms with E-state index in [1.54, 1.807) is 0 Å². The minimum Gasteiger partial charge on any atom is -0.317 e. The standard InChI is InChI=1S/C22H28N2O/c1-3-18-10-14-20(15-11-18)23-22(25)24-16-6-4-5-7-21(24)19-12-8-17(2)9-13-19/h8-15,21H,3-7,16H2,1-2H3,(H,23,25)/t21-/m1/s1. The van der Waals surface area contributed by atoms with Gasteiger partial charge in [-0.25, -0.2) is 4.79 Å². The molecular weight excluding hydrogens is 308 g/mol. The number of likely N-dealkylation sites (tertiary alicyclic amines) is 1. The van der Waals surface area contributed by atoms with Crippen LogP contribution >= 0.6 is 0 Å². The number of rotatable bonds is 3. The summed E-state index contributed by atoms with van der Waals surface area (Å²) < 4.78 is 0. The normalized spacial score (nSPS) is 17.8. The van der Waals surface area contributed by atoms with Crippen LogP contribution in [-0.2, 0) is 6.42 Å². The maximum absolute atomic E-state index is 12.9. The van der Waals surface area contributed by atoms with Gasteiger partial charge in [0.1, 0.15) is 0 Å². The SMILES string of the molecule is CCc1ccc(NC(=O)N2CCCCC[C@@H]2c2ccc(C)cc2)cc1. The summed E-state index contributed by atoms with van der Waals surface area (Å²) in [5.41, 5.74) is 4.65. The van der Waals surface area contributed by atoms with Gasteiger partial charge in [-0.15, -0.1) is 0 Å². The molecule has 0 spiro atoms. The predicted molar refractivity (Wildman–Crippen MR) is 104 cm³/mol. The number of carbonyl (C=O) groups excluding carboxylic acids is 1. The third kappa shape index (κ3) is 4.41. The molecule has 0 aliphatic carbocycles. The van der Waals surface area contributed by atoms with E-state index in [9.17, 15) is 4.79 Å². The van der Waals surface area contributed by atoms with Crippen molar-refractivity contribution in [3.8, 4) is 0 Å². The van der Waals surface area contributed by atoms with E-state index in [-0.39, 0.29) is 12.1 Å². The first-order valence-electron chi connectivity index (χ1n) is 9.40. The molecule has 1 saturated heterocycles. The molecule has 1 aliphatic rings. The lowest BCUT2D eigenvalue weighted by molar-refractivity contribution is 0.189. The van der Waals surface area contributed by atoms with Gasteiger partial charge in [-0.3, -0.25) is 0 Å². The average molecular weight is 336 g/mol. The Bertz CT molecular complexity index is 691. The molecule has 132 valence electrons.